The van der Waals surface area contributed by atoms with Crippen LogP contribution in [0.5, 0.6) is 5.75 Å². The minimum absolute atomic E-state index is 0.0186. The summed E-state index contributed by atoms with van der Waals surface area (Å²) >= 11 is 1.33. The summed E-state index contributed by atoms with van der Waals surface area (Å²) in [7, 11) is 1.94. The summed E-state index contributed by atoms with van der Waals surface area (Å²) in [6.07, 6.45) is -0.432. The van der Waals surface area contributed by atoms with Gasteiger partial charge >= 0.3 is 6.16 Å². The molecule has 262 valence electrons. The van der Waals surface area contributed by atoms with Crippen molar-refractivity contribution in [3.63, 3.8) is 0 Å². The predicted octanol–water partition coefficient (Wildman–Crippen LogP) is 8.77. The van der Waals surface area contributed by atoms with Crippen LogP contribution in [0.25, 0.3) is 20.7 Å². The van der Waals surface area contributed by atoms with Crippen LogP contribution < -0.4 is 15.5 Å². The number of anilines is 1. The molecule has 0 saturated heterocycles. The van der Waals surface area contributed by atoms with Crippen molar-refractivity contribution in [2.24, 2.45) is 5.92 Å². The summed E-state index contributed by atoms with van der Waals surface area (Å²) in [5.41, 5.74) is 2.80. The molecule has 0 atom stereocenters. The molecule has 50 heavy (non-hydrogen) atoms. The van der Waals surface area contributed by atoms with Crippen molar-refractivity contribution in [2.45, 2.75) is 60.2 Å². The number of amides is 1. The molecule has 1 N–H and O–H groups in total. The van der Waals surface area contributed by atoms with E-state index in [1.165, 1.54) is 29.5 Å². The summed E-state index contributed by atoms with van der Waals surface area (Å²) in [6.45, 7) is 7.97. The van der Waals surface area contributed by atoms with E-state index in [0.29, 0.717) is 41.3 Å². The third-order valence-corrected chi connectivity index (χ3v) is 9.46. The first kappa shape index (κ1) is 36.4. The van der Waals surface area contributed by atoms with Gasteiger partial charge in [0.2, 0.25) is 17.1 Å². The van der Waals surface area contributed by atoms with E-state index in [2.05, 4.69) is 10.2 Å². The van der Waals surface area contributed by atoms with Gasteiger partial charge in [0.05, 0.1) is 24.2 Å². The molecule has 5 aromatic rings. The SMILES string of the molecule is CCOC(=O)Oc1c(CC(C)C)n(Cc2c(F)cccc2F)c2sc(-c3ccc(NC(=O)CC)cc3)c(CN(C)Cc3ccccc3)c2c1=O. The van der Waals surface area contributed by atoms with Crippen LogP contribution in [-0.4, -0.2) is 35.2 Å². The molecule has 0 unspecified atom stereocenters. The molecule has 0 aliphatic carbocycles. The highest BCUT2D eigenvalue weighted by Crippen LogP contribution is 2.41. The van der Waals surface area contributed by atoms with E-state index in [4.69, 9.17) is 9.47 Å². The number of pyridine rings is 1. The van der Waals surface area contributed by atoms with Crippen molar-refractivity contribution in [1.29, 1.82) is 0 Å². The molecule has 0 fully saturated rings. The summed E-state index contributed by atoms with van der Waals surface area (Å²) < 4.78 is 43.0. The van der Waals surface area contributed by atoms with Crippen molar-refractivity contribution in [1.82, 2.24) is 9.47 Å². The van der Waals surface area contributed by atoms with E-state index < -0.39 is 23.2 Å². The molecule has 3 aromatic carbocycles. The van der Waals surface area contributed by atoms with Crippen LogP contribution in [0.2, 0.25) is 0 Å². The van der Waals surface area contributed by atoms with Gasteiger partial charge in [-0.05, 0) is 67.3 Å². The number of nitrogens with zero attached hydrogens (tertiary/aromatic N) is 2. The fourth-order valence-electron chi connectivity index (χ4n) is 5.86. The van der Waals surface area contributed by atoms with E-state index in [-0.39, 0.29) is 48.1 Å². The number of halogens is 2. The standard InChI is InChI=1S/C39H41F2N3O5S/c1-6-33(45)42-27-18-16-26(17-19-27)37-29(22-43(5)21-25-12-9-8-10-13-25)34-35(46)36(49-39(47)48-7-2)32(20-24(3)4)44(38(34)50-37)23-28-30(40)14-11-15-31(28)41/h8-19,24H,6-7,20-23H2,1-5H3,(H,42,45). The zero-order chi connectivity index (χ0) is 35.9. The Kier molecular flexibility index (Phi) is 11.8. The highest BCUT2D eigenvalue weighted by atomic mass is 32.1. The third kappa shape index (κ3) is 8.28. The molecule has 11 heteroatoms. The Morgan fingerprint density at radius 1 is 0.920 bits per heavy atom. The number of carbonyl (C=O) groups is 2. The quantitative estimate of drug-likeness (QED) is 0.124. The largest absolute Gasteiger partial charge is 0.514 e. The Hall–Kier alpha value is -4.87. The molecule has 2 heterocycles. The first-order chi connectivity index (χ1) is 24.0. The highest BCUT2D eigenvalue weighted by Gasteiger charge is 2.29. The topological polar surface area (TPSA) is 89.9 Å². The van der Waals surface area contributed by atoms with Gasteiger partial charge in [-0.2, -0.15) is 0 Å². The Morgan fingerprint density at radius 3 is 2.22 bits per heavy atom. The van der Waals surface area contributed by atoms with Crippen LogP contribution in [0.4, 0.5) is 19.3 Å². The Balaban J connectivity index is 1.81. The van der Waals surface area contributed by atoms with Crippen molar-refractivity contribution in [2.75, 3.05) is 19.0 Å². The molecule has 0 aliphatic heterocycles. The number of nitrogens with one attached hydrogen (secondary N) is 1. The maximum Gasteiger partial charge on any atom is 0.514 e. The van der Waals surface area contributed by atoms with Gasteiger partial charge in [-0.3, -0.25) is 14.5 Å². The maximum atomic E-state index is 15.2. The second-order valence-corrected chi connectivity index (χ2v) is 13.5. The lowest BCUT2D eigenvalue weighted by Gasteiger charge is -2.21. The van der Waals surface area contributed by atoms with Crippen LogP contribution in [0.1, 0.15) is 56.5 Å². The second-order valence-electron chi connectivity index (χ2n) is 12.5. The van der Waals surface area contributed by atoms with Gasteiger partial charge in [0.1, 0.15) is 16.5 Å². The van der Waals surface area contributed by atoms with Crippen LogP contribution in [0.15, 0.2) is 77.6 Å². The third-order valence-electron chi connectivity index (χ3n) is 8.16. The average molecular weight is 702 g/mol. The molecule has 2 aromatic heterocycles. The number of benzene rings is 3. The number of carbonyl (C=O) groups excluding carboxylic acids is 2. The highest BCUT2D eigenvalue weighted by molar-refractivity contribution is 7.22. The van der Waals surface area contributed by atoms with E-state index >= 15 is 8.78 Å². The number of rotatable bonds is 13. The lowest BCUT2D eigenvalue weighted by molar-refractivity contribution is -0.115. The number of hydrogen-bond acceptors (Lipinski definition) is 7. The molecule has 0 spiro atoms. The van der Waals surface area contributed by atoms with Gasteiger partial charge in [0.15, 0.2) is 0 Å². The summed E-state index contributed by atoms with van der Waals surface area (Å²) in [4.78, 5) is 42.8. The molecular formula is C39H41F2N3O5S. The van der Waals surface area contributed by atoms with E-state index in [0.717, 1.165) is 16.0 Å². The van der Waals surface area contributed by atoms with Crippen LogP contribution >= 0.6 is 11.3 Å². The molecule has 1 amide bonds. The van der Waals surface area contributed by atoms with Gasteiger partial charge in [-0.25, -0.2) is 13.6 Å². The average Bonchev–Trinajstić information content (AvgIpc) is 3.45. The first-order valence-corrected chi connectivity index (χ1v) is 17.4. The monoisotopic (exact) mass is 701 g/mol. The number of aromatic nitrogens is 1. The number of fused-ring (bicyclic) bond motifs is 1. The Morgan fingerprint density at radius 2 is 1.60 bits per heavy atom. The molecular weight excluding hydrogens is 661 g/mol. The van der Waals surface area contributed by atoms with Crippen LogP contribution in [-0.2, 0) is 35.6 Å². The van der Waals surface area contributed by atoms with Crippen molar-refractivity contribution >= 4 is 39.3 Å². The lowest BCUT2D eigenvalue weighted by Crippen LogP contribution is -2.24. The zero-order valence-corrected chi connectivity index (χ0v) is 29.7. The molecule has 5 rings (SSSR count). The molecule has 0 aliphatic rings. The van der Waals surface area contributed by atoms with Gasteiger partial charge < -0.3 is 19.4 Å². The van der Waals surface area contributed by atoms with Gasteiger partial charge in [-0.15, -0.1) is 11.3 Å². The Bertz CT molecular complexity index is 2020. The Labute approximate surface area is 294 Å². The van der Waals surface area contributed by atoms with Gasteiger partial charge in [-0.1, -0.05) is 69.3 Å². The molecule has 0 radical (unpaired) electrons. The minimum Gasteiger partial charge on any atom is -0.434 e. The maximum absolute atomic E-state index is 15.2. The number of ether oxygens (including phenoxy) is 2. The van der Waals surface area contributed by atoms with E-state index in [1.807, 2.05) is 63.4 Å². The smallest absolute Gasteiger partial charge is 0.434 e. The molecule has 0 bridgehead atoms. The fourth-order valence-corrected chi connectivity index (χ4v) is 7.20. The van der Waals surface area contributed by atoms with Crippen molar-refractivity contribution < 1.29 is 27.8 Å². The number of thiophene rings is 1. The number of hydrogen-bond donors (Lipinski definition) is 1. The van der Waals surface area contributed by atoms with Crippen molar-refractivity contribution in [3.8, 4) is 16.2 Å². The second kappa shape index (κ2) is 16.2. The fraction of sp³-hybridized carbons (Fsp3) is 0.308. The lowest BCUT2D eigenvalue weighted by atomic mass is 10.0. The predicted molar refractivity (Wildman–Crippen MR) is 194 cm³/mol. The molecule has 0 saturated carbocycles. The normalized spacial score (nSPS) is 11.4. The minimum atomic E-state index is -1.04. The van der Waals surface area contributed by atoms with Gasteiger partial charge in [0.25, 0.3) is 0 Å². The molecule has 8 nitrogen and oxygen atoms in total. The summed E-state index contributed by atoms with van der Waals surface area (Å²) in [6, 6.07) is 20.9. The van der Waals surface area contributed by atoms with E-state index in [1.54, 1.807) is 30.5 Å². The van der Waals surface area contributed by atoms with E-state index in [9.17, 15) is 14.4 Å². The first-order valence-electron chi connectivity index (χ1n) is 16.6. The van der Waals surface area contributed by atoms with Crippen molar-refractivity contribution in [3.05, 3.63) is 117 Å². The van der Waals surface area contributed by atoms with Crippen LogP contribution in [0, 0.1) is 17.6 Å². The van der Waals surface area contributed by atoms with Crippen LogP contribution in [0.3, 0.4) is 0 Å². The summed E-state index contributed by atoms with van der Waals surface area (Å²) in [5.74, 6) is -1.83. The van der Waals surface area contributed by atoms with Gasteiger partial charge in [0, 0.05) is 35.6 Å². The zero-order valence-electron chi connectivity index (χ0n) is 28.8. The summed E-state index contributed by atoms with van der Waals surface area (Å²) in [5, 5.41) is 3.15.